The highest BCUT2D eigenvalue weighted by atomic mass is 19.4. The summed E-state index contributed by atoms with van der Waals surface area (Å²) in [5.41, 5.74) is -0.760. The largest absolute Gasteiger partial charge is 0.422 e. The predicted octanol–water partition coefficient (Wildman–Crippen LogP) is 7.78. The first-order valence-corrected chi connectivity index (χ1v) is 9.29. The summed E-state index contributed by atoms with van der Waals surface area (Å²) in [4.78, 5) is 0. The lowest BCUT2D eigenvalue weighted by Gasteiger charge is -2.12. The molecule has 156 valence electrons. The van der Waals surface area contributed by atoms with E-state index in [0.717, 1.165) is 0 Å². The molecule has 0 aliphatic heterocycles. The summed E-state index contributed by atoms with van der Waals surface area (Å²) in [6.07, 6.45) is -5.81. The highest BCUT2D eigenvalue weighted by molar-refractivity contribution is 5.82. The average molecular weight is 424 g/mol. The van der Waals surface area contributed by atoms with Crippen LogP contribution in [0.2, 0.25) is 0 Å². The first-order chi connectivity index (χ1) is 14.1. The molecule has 1 atom stereocenters. The van der Waals surface area contributed by atoms with E-state index in [4.69, 9.17) is 0 Å². The van der Waals surface area contributed by atoms with Crippen LogP contribution in [0.15, 0.2) is 42.5 Å². The van der Waals surface area contributed by atoms with E-state index >= 15 is 4.39 Å². The van der Waals surface area contributed by atoms with Gasteiger partial charge in [0.15, 0.2) is 6.17 Å². The Hall–Kier alpha value is -2.83. The second-order valence-corrected chi connectivity index (χ2v) is 7.23. The number of rotatable bonds is 3. The third-order valence-electron chi connectivity index (χ3n) is 5.31. The van der Waals surface area contributed by atoms with Crippen LogP contribution in [0.3, 0.4) is 0 Å². The minimum atomic E-state index is -5.18. The van der Waals surface area contributed by atoms with E-state index in [1.165, 1.54) is 18.2 Å². The zero-order valence-corrected chi connectivity index (χ0v) is 15.7. The molecule has 0 amide bonds. The molecule has 3 aromatic rings. The van der Waals surface area contributed by atoms with Crippen molar-refractivity contribution in [2.45, 2.75) is 32.1 Å². The van der Waals surface area contributed by atoms with Crippen LogP contribution in [-0.2, 0) is 12.6 Å². The van der Waals surface area contributed by atoms with Crippen molar-refractivity contribution in [3.05, 3.63) is 82.2 Å². The molecule has 1 aliphatic carbocycles. The number of hydrogen-bond donors (Lipinski definition) is 0. The molecule has 0 bridgehead atoms. The Morgan fingerprint density at radius 1 is 0.833 bits per heavy atom. The molecule has 0 saturated carbocycles. The summed E-state index contributed by atoms with van der Waals surface area (Å²) in [5, 5.41) is 0. The van der Waals surface area contributed by atoms with Gasteiger partial charge in [0.25, 0.3) is 0 Å². The molecular weight excluding hydrogens is 409 g/mol. The Morgan fingerprint density at radius 3 is 2.07 bits per heavy atom. The van der Waals surface area contributed by atoms with Gasteiger partial charge in [-0.15, -0.1) is 0 Å². The molecular formula is C23H15F7. The quantitative estimate of drug-likeness (QED) is 0.377. The van der Waals surface area contributed by atoms with E-state index in [-0.39, 0.29) is 22.3 Å². The summed E-state index contributed by atoms with van der Waals surface area (Å²) in [7, 11) is 0. The van der Waals surface area contributed by atoms with E-state index < -0.39 is 35.4 Å². The second kappa shape index (κ2) is 7.15. The lowest BCUT2D eigenvalue weighted by atomic mass is 9.97. The topological polar surface area (TPSA) is 0 Å². The molecule has 0 aromatic heterocycles. The van der Waals surface area contributed by atoms with Gasteiger partial charge in [-0.25, -0.2) is 17.6 Å². The maximum atomic E-state index is 15.1. The first kappa shape index (κ1) is 20.4. The molecule has 0 heterocycles. The van der Waals surface area contributed by atoms with Gasteiger partial charge in [0, 0.05) is 5.56 Å². The van der Waals surface area contributed by atoms with E-state index in [1.54, 1.807) is 12.1 Å². The Labute approximate surface area is 168 Å². The van der Waals surface area contributed by atoms with Crippen molar-refractivity contribution in [3.63, 3.8) is 0 Å². The number of benzene rings is 3. The van der Waals surface area contributed by atoms with Crippen molar-refractivity contribution in [3.8, 4) is 22.3 Å². The summed E-state index contributed by atoms with van der Waals surface area (Å²) in [6, 6.07) is 8.55. The molecule has 1 aliphatic rings. The SMILES string of the molecule is CCCc1ccc2c(c1F)C(F)c1cc(-c3cc(F)c(C(F)(F)F)c(F)c3)ccc1-2. The Morgan fingerprint density at radius 2 is 1.47 bits per heavy atom. The van der Waals surface area contributed by atoms with Crippen molar-refractivity contribution in [1.29, 1.82) is 0 Å². The van der Waals surface area contributed by atoms with Crippen LogP contribution in [0, 0.1) is 17.5 Å². The molecule has 1 unspecified atom stereocenters. The molecule has 0 saturated heterocycles. The normalized spacial score (nSPS) is 15.3. The van der Waals surface area contributed by atoms with Crippen LogP contribution in [-0.4, -0.2) is 0 Å². The minimum Gasteiger partial charge on any atom is -0.237 e. The highest BCUT2D eigenvalue weighted by Gasteiger charge is 2.38. The number of alkyl halides is 4. The monoisotopic (exact) mass is 424 g/mol. The molecule has 3 aromatic carbocycles. The Kier molecular flexibility index (Phi) is 4.87. The maximum Gasteiger partial charge on any atom is 0.422 e. The van der Waals surface area contributed by atoms with Crippen molar-refractivity contribution in [1.82, 2.24) is 0 Å². The van der Waals surface area contributed by atoms with Crippen LogP contribution in [0.25, 0.3) is 22.3 Å². The van der Waals surface area contributed by atoms with Crippen LogP contribution < -0.4 is 0 Å². The Bertz CT molecular complexity index is 1120. The highest BCUT2D eigenvalue weighted by Crippen LogP contribution is 2.48. The fourth-order valence-electron chi connectivity index (χ4n) is 3.95. The predicted molar refractivity (Wildman–Crippen MR) is 99.1 cm³/mol. The van der Waals surface area contributed by atoms with Crippen molar-refractivity contribution in [2.24, 2.45) is 0 Å². The van der Waals surface area contributed by atoms with E-state index in [0.29, 0.717) is 41.7 Å². The zero-order valence-electron chi connectivity index (χ0n) is 15.7. The van der Waals surface area contributed by atoms with Crippen molar-refractivity contribution in [2.75, 3.05) is 0 Å². The third-order valence-corrected chi connectivity index (χ3v) is 5.31. The maximum absolute atomic E-state index is 15.1. The van der Waals surface area contributed by atoms with Crippen molar-refractivity contribution >= 4 is 0 Å². The van der Waals surface area contributed by atoms with Gasteiger partial charge in [-0.2, -0.15) is 13.2 Å². The fraction of sp³-hybridized carbons (Fsp3) is 0.217. The average Bonchev–Trinajstić information content (AvgIpc) is 2.95. The van der Waals surface area contributed by atoms with E-state index in [9.17, 15) is 26.3 Å². The third kappa shape index (κ3) is 3.16. The number of hydrogen-bond acceptors (Lipinski definition) is 0. The minimum absolute atomic E-state index is 0.0853. The molecule has 4 rings (SSSR count). The van der Waals surface area contributed by atoms with Crippen LogP contribution in [0.1, 0.15) is 41.8 Å². The standard InChI is InChI=1S/C23H15F7/c1-2-3-11-4-7-15-14-6-5-12(8-16(14)22(27)19(15)21(11)26)13-9-17(24)20(18(25)10-13)23(28,29)30/h4-10,22H,2-3H2,1H3. The number of aryl methyl sites for hydroxylation is 1. The molecule has 0 nitrogen and oxygen atoms in total. The van der Waals surface area contributed by atoms with Gasteiger partial charge in [-0.3, -0.25) is 0 Å². The van der Waals surface area contributed by atoms with Gasteiger partial charge >= 0.3 is 6.18 Å². The van der Waals surface area contributed by atoms with Gasteiger partial charge in [0.05, 0.1) is 0 Å². The Balaban J connectivity index is 1.80. The van der Waals surface area contributed by atoms with Crippen molar-refractivity contribution < 1.29 is 30.7 Å². The summed E-state index contributed by atoms with van der Waals surface area (Å²) in [5.74, 6) is -4.13. The lowest BCUT2D eigenvalue weighted by Crippen LogP contribution is -2.11. The zero-order chi connectivity index (χ0) is 21.8. The first-order valence-electron chi connectivity index (χ1n) is 9.29. The van der Waals surface area contributed by atoms with Crippen LogP contribution in [0.4, 0.5) is 30.7 Å². The molecule has 0 radical (unpaired) electrons. The molecule has 30 heavy (non-hydrogen) atoms. The lowest BCUT2D eigenvalue weighted by molar-refractivity contribution is -0.142. The summed E-state index contributed by atoms with van der Waals surface area (Å²) in [6.45, 7) is 1.88. The van der Waals surface area contributed by atoms with Crippen LogP contribution >= 0.6 is 0 Å². The fourth-order valence-corrected chi connectivity index (χ4v) is 3.95. The van der Waals surface area contributed by atoms with Gasteiger partial charge in [0.1, 0.15) is 23.0 Å². The summed E-state index contributed by atoms with van der Waals surface area (Å²) >= 11 is 0. The molecule has 7 heteroatoms. The molecule has 0 spiro atoms. The van der Waals surface area contributed by atoms with Gasteiger partial charge in [-0.1, -0.05) is 37.6 Å². The second-order valence-electron chi connectivity index (χ2n) is 7.23. The van der Waals surface area contributed by atoms with Gasteiger partial charge < -0.3 is 0 Å². The number of fused-ring (bicyclic) bond motifs is 3. The number of halogens is 7. The summed E-state index contributed by atoms with van der Waals surface area (Å²) < 4.78 is 96.2. The molecule has 0 N–H and O–H groups in total. The van der Waals surface area contributed by atoms with Gasteiger partial charge in [0.2, 0.25) is 0 Å². The van der Waals surface area contributed by atoms with Gasteiger partial charge in [-0.05, 0) is 58.0 Å². The van der Waals surface area contributed by atoms with Crippen LogP contribution in [0.5, 0.6) is 0 Å². The van der Waals surface area contributed by atoms with E-state index in [2.05, 4.69) is 0 Å². The van der Waals surface area contributed by atoms with E-state index in [1.807, 2.05) is 6.92 Å². The smallest absolute Gasteiger partial charge is 0.237 e. The molecule has 0 fully saturated rings.